The van der Waals surface area contributed by atoms with Crippen LogP contribution in [0.5, 0.6) is 0 Å². The number of nitrogens with zero attached hydrogens (tertiary/aromatic N) is 2. The van der Waals surface area contributed by atoms with Crippen LogP contribution < -0.4 is 5.73 Å². The lowest BCUT2D eigenvalue weighted by molar-refractivity contribution is 1.05. The van der Waals surface area contributed by atoms with Crippen molar-refractivity contribution in [2.45, 2.75) is 16.5 Å². The number of benzene rings is 1. The Hall–Kier alpha value is -1.39. The summed E-state index contributed by atoms with van der Waals surface area (Å²) < 4.78 is 0. The van der Waals surface area contributed by atoms with E-state index >= 15 is 0 Å². The Kier molecular flexibility index (Phi) is 3.32. The third-order valence-corrected chi connectivity index (χ3v) is 2.85. The van der Waals surface area contributed by atoms with Gasteiger partial charge < -0.3 is 5.73 Å². The average molecular weight is 217 g/mol. The number of nitrogens with two attached hydrogens (primary N) is 1. The fourth-order valence-corrected chi connectivity index (χ4v) is 1.89. The van der Waals surface area contributed by atoms with Crippen molar-refractivity contribution >= 4 is 11.8 Å². The van der Waals surface area contributed by atoms with Gasteiger partial charge in [0.25, 0.3) is 0 Å². The van der Waals surface area contributed by atoms with Crippen molar-refractivity contribution in [1.82, 2.24) is 9.97 Å². The standard InChI is InChI=1S/C11H11N3S/c12-7-9-1-3-10(4-2-9)15-11-8-13-5-6-14-11/h1-6,8H,7,12H2. The lowest BCUT2D eigenvalue weighted by Gasteiger charge is -2.01. The molecule has 2 N–H and O–H groups in total. The highest BCUT2D eigenvalue weighted by Gasteiger charge is 1.97. The summed E-state index contributed by atoms with van der Waals surface area (Å²) in [5.41, 5.74) is 6.66. The van der Waals surface area contributed by atoms with Crippen LogP contribution in [0.1, 0.15) is 5.56 Å². The molecule has 0 spiro atoms. The Morgan fingerprint density at radius 3 is 2.53 bits per heavy atom. The fourth-order valence-electron chi connectivity index (χ4n) is 1.15. The molecule has 0 aliphatic heterocycles. The summed E-state index contributed by atoms with van der Waals surface area (Å²) in [7, 11) is 0. The van der Waals surface area contributed by atoms with Crippen molar-refractivity contribution in [2.75, 3.05) is 0 Å². The quantitative estimate of drug-likeness (QED) is 0.855. The maximum Gasteiger partial charge on any atom is 0.119 e. The molecule has 0 aliphatic rings. The van der Waals surface area contributed by atoms with E-state index in [2.05, 4.69) is 9.97 Å². The molecule has 1 heterocycles. The zero-order chi connectivity index (χ0) is 10.5. The monoisotopic (exact) mass is 217 g/mol. The SMILES string of the molecule is NCc1ccc(Sc2cnccn2)cc1. The fraction of sp³-hybridized carbons (Fsp3) is 0.0909. The first-order chi connectivity index (χ1) is 7.38. The van der Waals surface area contributed by atoms with E-state index in [4.69, 9.17) is 5.73 Å². The lowest BCUT2D eigenvalue weighted by Crippen LogP contribution is -1.94. The van der Waals surface area contributed by atoms with Gasteiger partial charge >= 0.3 is 0 Å². The zero-order valence-corrected chi connectivity index (χ0v) is 8.95. The van der Waals surface area contributed by atoms with E-state index in [0.29, 0.717) is 6.54 Å². The molecular formula is C11H11N3S. The summed E-state index contributed by atoms with van der Waals surface area (Å²) in [4.78, 5) is 9.35. The number of rotatable bonds is 3. The van der Waals surface area contributed by atoms with Gasteiger partial charge in [0, 0.05) is 23.8 Å². The van der Waals surface area contributed by atoms with E-state index in [9.17, 15) is 0 Å². The van der Waals surface area contributed by atoms with Crippen LogP contribution in [0.15, 0.2) is 52.8 Å². The molecule has 0 bridgehead atoms. The second-order valence-corrected chi connectivity index (χ2v) is 4.09. The predicted octanol–water partition coefficient (Wildman–Crippen LogP) is 2.09. The predicted molar refractivity (Wildman–Crippen MR) is 60.5 cm³/mol. The molecule has 2 rings (SSSR count). The van der Waals surface area contributed by atoms with Crippen molar-refractivity contribution < 1.29 is 0 Å². The van der Waals surface area contributed by atoms with Crippen molar-refractivity contribution in [2.24, 2.45) is 5.73 Å². The lowest BCUT2D eigenvalue weighted by atomic mass is 10.2. The van der Waals surface area contributed by atoms with Gasteiger partial charge in [0.2, 0.25) is 0 Å². The van der Waals surface area contributed by atoms with E-state index < -0.39 is 0 Å². The van der Waals surface area contributed by atoms with Crippen LogP contribution in [0.25, 0.3) is 0 Å². The Labute approximate surface area is 92.8 Å². The van der Waals surface area contributed by atoms with E-state index in [1.165, 1.54) is 0 Å². The molecule has 0 atom stereocenters. The van der Waals surface area contributed by atoms with E-state index in [-0.39, 0.29) is 0 Å². The molecule has 0 unspecified atom stereocenters. The van der Waals surface area contributed by atoms with E-state index in [1.807, 2.05) is 24.3 Å². The van der Waals surface area contributed by atoms with Crippen LogP contribution in [-0.4, -0.2) is 9.97 Å². The topological polar surface area (TPSA) is 51.8 Å². The first-order valence-electron chi connectivity index (χ1n) is 4.61. The minimum absolute atomic E-state index is 0.579. The molecule has 4 heteroatoms. The van der Waals surface area contributed by atoms with Gasteiger partial charge in [0.15, 0.2) is 0 Å². The molecule has 0 radical (unpaired) electrons. The van der Waals surface area contributed by atoms with Gasteiger partial charge in [-0.1, -0.05) is 23.9 Å². The van der Waals surface area contributed by atoms with Crippen molar-refractivity contribution in [3.8, 4) is 0 Å². The van der Waals surface area contributed by atoms with Crippen molar-refractivity contribution in [3.05, 3.63) is 48.4 Å². The first-order valence-corrected chi connectivity index (χ1v) is 5.43. The minimum atomic E-state index is 0.579. The van der Waals surface area contributed by atoms with Gasteiger partial charge in [-0.15, -0.1) is 0 Å². The number of hydrogen-bond acceptors (Lipinski definition) is 4. The summed E-state index contributed by atoms with van der Waals surface area (Å²) in [5, 5.41) is 0.901. The highest BCUT2D eigenvalue weighted by atomic mass is 32.2. The van der Waals surface area contributed by atoms with E-state index in [0.717, 1.165) is 15.5 Å². The molecule has 15 heavy (non-hydrogen) atoms. The maximum atomic E-state index is 5.52. The largest absolute Gasteiger partial charge is 0.326 e. The Morgan fingerprint density at radius 1 is 1.13 bits per heavy atom. The minimum Gasteiger partial charge on any atom is -0.326 e. The Morgan fingerprint density at radius 2 is 1.93 bits per heavy atom. The Balaban J connectivity index is 2.11. The van der Waals surface area contributed by atoms with Crippen LogP contribution in [0.2, 0.25) is 0 Å². The highest BCUT2D eigenvalue weighted by Crippen LogP contribution is 2.24. The van der Waals surface area contributed by atoms with Gasteiger partial charge in [-0.05, 0) is 17.7 Å². The summed E-state index contributed by atoms with van der Waals surface area (Å²) in [5.74, 6) is 0. The smallest absolute Gasteiger partial charge is 0.119 e. The molecule has 76 valence electrons. The highest BCUT2D eigenvalue weighted by molar-refractivity contribution is 7.99. The zero-order valence-electron chi connectivity index (χ0n) is 8.13. The van der Waals surface area contributed by atoms with Gasteiger partial charge in [-0.2, -0.15) is 0 Å². The molecule has 1 aromatic heterocycles. The molecule has 1 aromatic carbocycles. The maximum absolute atomic E-state index is 5.52. The number of hydrogen-bond donors (Lipinski definition) is 1. The summed E-state index contributed by atoms with van der Waals surface area (Å²) >= 11 is 1.59. The summed E-state index contributed by atoms with van der Waals surface area (Å²) in [6.07, 6.45) is 5.11. The van der Waals surface area contributed by atoms with Crippen molar-refractivity contribution in [3.63, 3.8) is 0 Å². The van der Waals surface area contributed by atoms with Crippen LogP contribution in [0.4, 0.5) is 0 Å². The van der Waals surface area contributed by atoms with Crippen LogP contribution in [0.3, 0.4) is 0 Å². The molecule has 0 saturated heterocycles. The molecular weight excluding hydrogens is 206 g/mol. The third-order valence-electron chi connectivity index (χ3n) is 1.92. The van der Waals surface area contributed by atoms with Gasteiger partial charge in [0.1, 0.15) is 5.03 Å². The second-order valence-electron chi connectivity index (χ2n) is 2.99. The van der Waals surface area contributed by atoms with Gasteiger partial charge in [-0.3, -0.25) is 4.98 Å². The molecule has 0 aliphatic carbocycles. The summed E-state index contributed by atoms with van der Waals surface area (Å²) in [6, 6.07) is 8.14. The van der Waals surface area contributed by atoms with Crippen LogP contribution in [0, 0.1) is 0 Å². The van der Waals surface area contributed by atoms with Gasteiger partial charge in [-0.25, -0.2) is 4.98 Å². The third kappa shape index (κ3) is 2.78. The molecule has 0 saturated carbocycles. The Bertz CT molecular complexity index is 414. The molecule has 0 amide bonds. The molecule has 2 aromatic rings. The summed E-state index contributed by atoms with van der Waals surface area (Å²) in [6.45, 7) is 0.579. The molecule has 0 fully saturated rings. The van der Waals surface area contributed by atoms with E-state index in [1.54, 1.807) is 30.4 Å². The van der Waals surface area contributed by atoms with Gasteiger partial charge in [0.05, 0.1) is 6.20 Å². The van der Waals surface area contributed by atoms with Crippen LogP contribution >= 0.6 is 11.8 Å². The first kappa shape index (κ1) is 10.1. The molecule has 3 nitrogen and oxygen atoms in total. The number of aromatic nitrogens is 2. The normalized spacial score (nSPS) is 10.2. The average Bonchev–Trinajstić information content (AvgIpc) is 2.31. The second kappa shape index (κ2) is 4.91. The van der Waals surface area contributed by atoms with Crippen molar-refractivity contribution in [1.29, 1.82) is 0 Å². The van der Waals surface area contributed by atoms with Crippen LogP contribution in [-0.2, 0) is 6.54 Å².